The van der Waals surface area contributed by atoms with Crippen LogP contribution in [0.25, 0.3) is 0 Å². The fourth-order valence-electron chi connectivity index (χ4n) is 2.11. The highest BCUT2D eigenvalue weighted by Crippen LogP contribution is 2.27. The Hall–Kier alpha value is -1.15. The molecule has 0 aliphatic heterocycles. The molecule has 0 aliphatic carbocycles. The number of hydrogen-bond acceptors (Lipinski definition) is 4. The lowest BCUT2D eigenvalue weighted by Crippen LogP contribution is -2.30. The fraction of sp³-hybridized carbons (Fsp3) is 0.312. The number of rotatable bonds is 7. The number of aromatic nitrogens is 1. The third-order valence-corrected chi connectivity index (χ3v) is 6.82. The van der Waals surface area contributed by atoms with Crippen molar-refractivity contribution in [3.05, 3.63) is 52.9 Å². The topological polar surface area (TPSA) is 50.3 Å². The molecule has 0 radical (unpaired) electrons. The molecule has 1 heterocycles. The molecule has 0 saturated carbocycles. The second-order valence-electron chi connectivity index (χ2n) is 4.95. The van der Waals surface area contributed by atoms with Gasteiger partial charge >= 0.3 is 0 Å². The molecule has 0 amide bonds. The zero-order valence-electron chi connectivity index (χ0n) is 13.4. The van der Waals surface area contributed by atoms with Crippen molar-refractivity contribution < 1.29 is 12.8 Å². The number of nitrogens with zero attached hydrogens (tertiary/aromatic N) is 2. The molecule has 4 nitrogen and oxygen atoms in total. The van der Waals surface area contributed by atoms with Crippen LogP contribution in [0, 0.1) is 5.82 Å². The summed E-state index contributed by atoms with van der Waals surface area (Å²) in [5.74, 6) is 0.145. The fourth-order valence-corrected chi connectivity index (χ4v) is 4.67. The van der Waals surface area contributed by atoms with Crippen molar-refractivity contribution in [3.8, 4) is 0 Å². The van der Waals surface area contributed by atoms with E-state index in [0.29, 0.717) is 28.9 Å². The van der Waals surface area contributed by atoms with E-state index in [2.05, 4.69) is 4.98 Å². The lowest BCUT2D eigenvalue weighted by Gasteiger charge is -2.18. The third kappa shape index (κ3) is 4.47. The van der Waals surface area contributed by atoms with Crippen molar-refractivity contribution in [3.63, 3.8) is 0 Å². The Kier molecular flexibility index (Phi) is 6.62. The molecule has 2 aromatic rings. The minimum absolute atomic E-state index is 0.176. The highest BCUT2D eigenvalue weighted by atomic mass is 35.5. The Morgan fingerprint density at radius 3 is 2.46 bits per heavy atom. The van der Waals surface area contributed by atoms with Crippen LogP contribution in [0.2, 0.25) is 5.02 Å². The second-order valence-corrected chi connectivity index (χ2v) is 8.29. The minimum atomic E-state index is -3.50. The molecule has 0 unspecified atom stereocenters. The molecule has 0 atom stereocenters. The average Bonchev–Trinajstić information content (AvgIpc) is 2.55. The number of hydrogen-bond donors (Lipinski definition) is 0. The Morgan fingerprint density at radius 1 is 1.21 bits per heavy atom. The quantitative estimate of drug-likeness (QED) is 0.667. The van der Waals surface area contributed by atoms with Gasteiger partial charge in [0.05, 0.1) is 5.03 Å². The van der Waals surface area contributed by atoms with Gasteiger partial charge in [-0.2, -0.15) is 4.31 Å². The molecule has 1 aromatic carbocycles. The number of halogens is 2. The van der Waals surface area contributed by atoms with Crippen molar-refractivity contribution in [2.45, 2.75) is 29.5 Å². The first-order chi connectivity index (χ1) is 11.4. The average molecular weight is 389 g/mol. The van der Waals surface area contributed by atoms with E-state index >= 15 is 0 Å². The molecule has 0 fully saturated rings. The zero-order valence-corrected chi connectivity index (χ0v) is 15.8. The van der Waals surface area contributed by atoms with E-state index in [1.165, 1.54) is 34.4 Å². The maximum absolute atomic E-state index is 13.0. The SMILES string of the molecule is CCN(CC)S(=O)(=O)c1ccc(SCc2ccc(F)cc2Cl)nc1. The summed E-state index contributed by atoms with van der Waals surface area (Å²) in [6, 6.07) is 7.47. The van der Waals surface area contributed by atoms with Crippen LogP contribution in [0.15, 0.2) is 46.5 Å². The van der Waals surface area contributed by atoms with Crippen molar-refractivity contribution in [1.29, 1.82) is 0 Å². The summed E-state index contributed by atoms with van der Waals surface area (Å²) in [6.07, 6.45) is 1.36. The first-order valence-electron chi connectivity index (χ1n) is 7.41. The van der Waals surface area contributed by atoms with E-state index < -0.39 is 10.0 Å². The van der Waals surface area contributed by atoms with Crippen molar-refractivity contribution in [1.82, 2.24) is 9.29 Å². The van der Waals surface area contributed by atoms with Gasteiger partial charge in [-0.05, 0) is 29.8 Å². The molecule has 0 N–H and O–H groups in total. The molecule has 0 saturated heterocycles. The van der Waals surface area contributed by atoms with Gasteiger partial charge in [0.15, 0.2) is 0 Å². The van der Waals surface area contributed by atoms with Gasteiger partial charge in [-0.15, -0.1) is 11.8 Å². The lowest BCUT2D eigenvalue weighted by atomic mass is 10.2. The van der Waals surface area contributed by atoms with Crippen LogP contribution in [-0.2, 0) is 15.8 Å². The van der Waals surface area contributed by atoms with Crippen molar-refractivity contribution >= 4 is 33.4 Å². The number of benzene rings is 1. The summed E-state index contributed by atoms with van der Waals surface area (Å²) in [5, 5.41) is 1.04. The second kappa shape index (κ2) is 8.29. The maximum Gasteiger partial charge on any atom is 0.244 e. The molecule has 8 heteroatoms. The first kappa shape index (κ1) is 19.2. The van der Waals surface area contributed by atoms with Crippen LogP contribution >= 0.6 is 23.4 Å². The van der Waals surface area contributed by atoms with Crippen LogP contribution in [0.3, 0.4) is 0 Å². The highest BCUT2D eigenvalue weighted by Gasteiger charge is 2.21. The van der Waals surface area contributed by atoms with E-state index in [1.54, 1.807) is 32.0 Å². The van der Waals surface area contributed by atoms with Crippen LogP contribution in [0.1, 0.15) is 19.4 Å². The standard InChI is InChI=1S/C16H18ClFN2O2S2/c1-3-20(4-2)24(21,22)14-7-8-16(19-10-14)23-11-12-5-6-13(18)9-15(12)17/h5-10H,3-4,11H2,1-2H3. The molecule has 0 aliphatic rings. The Bertz CT molecular complexity index is 794. The van der Waals surface area contributed by atoms with Gasteiger partial charge in [0.1, 0.15) is 10.7 Å². The zero-order chi connectivity index (χ0) is 17.7. The van der Waals surface area contributed by atoms with Gasteiger partial charge in [-0.3, -0.25) is 0 Å². The van der Waals surface area contributed by atoms with Crippen LogP contribution in [-0.4, -0.2) is 30.8 Å². The lowest BCUT2D eigenvalue weighted by molar-refractivity contribution is 0.445. The first-order valence-corrected chi connectivity index (χ1v) is 10.2. The summed E-state index contributed by atoms with van der Waals surface area (Å²) in [6.45, 7) is 4.42. The molecule has 24 heavy (non-hydrogen) atoms. The van der Waals surface area contributed by atoms with Gasteiger partial charge < -0.3 is 0 Å². The molecule has 130 valence electrons. The Balaban J connectivity index is 2.09. The van der Waals surface area contributed by atoms with Gasteiger partial charge in [0, 0.05) is 30.1 Å². The summed E-state index contributed by atoms with van der Waals surface area (Å²) in [7, 11) is -3.50. The normalized spacial score (nSPS) is 11.9. The van der Waals surface area contributed by atoms with Gasteiger partial charge in [-0.1, -0.05) is 31.5 Å². The molecular weight excluding hydrogens is 371 g/mol. The van der Waals surface area contributed by atoms with E-state index in [9.17, 15) is 12.8 Å². The predicted molar refractivity (Wildman–Crippen MR) is 95.3 cm³/mol. The smallest absolute Gasteiger partial charge is 0.244 e. The molecular formula is C16H18ClFN2O2S2. The van der Waals surface area contributed by atoms with Crippen molar-refractivity contribution in [2.24, 2.45) is 0 Å². The molecule has 0 bridgehead atoms. The van der Waals surface area contributed by atoms with Crippen LogP contribution in [0.5, 0.6) is 0 Å². The highest BCUT2D eigenvalue weighted by molar-refractivity contribution is 7.98. The monoisotopic (exact) mass is 388 g/mol. The van der Waals surface area contributed by atoms with E-state index in [4.69, 9.17) is 11.6 Å². The van der Waals surface area contributed by atoms with Gasteiger partial charge in [0.2, 0.25) is 10.0 Å². The number of thioether (sulfide) groups is 1. The Morgan fingerprint density at radius 2 is 1.92 bits per heavy atom. The van der Waals surface area contributed by atoms with E-state index in [1.807, 2.05) is 0 Å². The molecule has 0 spiro atoms. The largest absolute Gasteiger partial charge is 0.249 e. The summed E-state index contributed by atoms with van der Waals surface area (Å²) in [4.78, 5) is 4.37. The summed E-state index contributed by atoms with van der Waals surface area (Å²) < 4.78 is 39.2. The predicted octanol–water partition coefficient (Wildman–Crippen LogP) is 4.20. The van der Waals surface area contributed by atoms with Crippen LogP contribution in [0.4, 0.5) is 4.39 Å². The van der Waals surface area contributed by atoms with Crippen molar-refractivity contribution in [2.75, 3.05) is 13.1 Å². The number of pyridine rings is 1. The molecule has 2 rings (SSSR count). The van der Waals surface area contributed by atoms with Gasteiger partial charge in [0.25, 0.3) is 0 Å². The van der Waals surface area contributed by atoms with Crippen LogP contribution < -0.4 is 0 Å². The third-order valence-electron chi connectivity index (χ3n) is 3.44. The summed E-state index contributed by atoms with van der Waals surface area (Å²) >= 11 is 7.40. The van der Waals surface area contributed by atoms with E-state index in [-0.39, 0.29) is 10.7 Å². The maximum atomic E-state index is 13.0. The Labute approximate surface area is 151 Å². The number of sulfonamides is 1. The van der Waals surface area contributed by atoms with Gasteiger partial charge in [-0.25, -0.2) is 17.8 Å². The van der Waals surface area contributed by atoms with E-state index in [0.717, 1.165) is 5.56 Å². The molecule has 1 aromatic heterocycles. The minimum Gasteiger partial charge on any atom is -0.249 e. The summed E-state index contributed by atoms with van der Waals surface area (Å²) in [5.41, 5.74) is 0.796.